The second kappa shape index (κ2) is 10.3. The molecule has 168 valence electrons. The Labute approximate surface area is 196 Å². The molecular formula is C24H27BrN3O4+. The molecule has 0 spiro atoms. The van der Waals surface area contributed by atoms with Crippen LogP contribution in [0.3, 0.4) is 0 Å². The molecule has 0 radical (unpaired) electrons. The minimum atomic E-state index is -0.414. The maximum absolute atomic E-state index is 13.2. The van der Waals surface area contributed by atoms with Gasteiger partial charge in [-0.1, -0.05) is 18.2 Å². The van der Waals surface area contributed by atoms with E-state index in [4.69, 9.17) is 9.47 Å². The second-order valence-electron chi connectivity index (χ2n) is 7.90. The van der Waals surface area contributed by atoms with E-state index < -0.39 is 6.10 Å². The maximum atomic E-state index is 13.2. The van der Waals surface area contributed by atoms with Crippen LogP contribution in [-0.4, -0.2) is 72.9 Å². The fourth-order valence-corrected chi connectivity index (χ4v) is 4.59. The number of rotatable bonds is 7. The van der Waals surface area contributed by atoms with Crippen molar-refractivity contribution in [1.82, 2.24) is 10.2 Å². The summed E-state index contributed by atoms with van der Waals surface area (Å²) in [6.45, 7) is 3.54. The molecule has 0 saturated carbocycles. The number of allylic oxidation sites excluding steroid dienone is 2. The molecule has 7 nitrogen and oxygen atoms in total. The molecule has 32 heavy (non-hydrogen) atoms. The number of nitrogens with one attached hydrogen (secondary N) is 1. The first-order valence-electron chi connectivity index (χ1n) is 10.8. The summed E-state index contributed by atoms with van der Waals surface area (Å²) >= 11 is 3.46. The number of methoxy groups -OCH3 is 1. The number of carbonyl (C=O) groups is 2. The first-order chi connectivity index (χ1) is 15.5. The van der Waals surface area contributed by atoms with Crippen LogP contribution in [0, 0.1) is 0 Å². The first kappa shape index (κ1) is 22.5. The number of carbonyl (C=O) groups excluding carboxylic acids is 2. The van der Waals surface area contributed by atoms with Crippen molar-refractivity contribution >= 4 is 39.5 Å². The Balaban J connectivity index is 1.50. The van der Waals surface area contributed by atoms with Gasteiger partial charge in [0.25, 0.3) is 5.91 Å². The van der Waals surface area contributed by atoms with E-state index in [1.807, 2.05) is 42.5 Å². The summed E-state index contributed by atoms with van der Waals surface area (Å²) < 4.78 is 13.5. The van der Waals surface area contributed by atoms with Crippen molar-refractivity contribution in [3.8, 4) is 5.75 Å². The third-order valence-corrected chi connectivity index (χ3v) is 6.32. The molecule has 1 N–H and O–H groups in total. The van der Waals surface area contributed by atoms with Crippen molar-refractivity contribution in [2.24, 2.45) is 0 Å². The highest BCUT2D eigenvalue weighted by atomic mass is 79.9. The van der Waals surface area contributed by atoms with Crippen LogP contribution >= 0.6 is 15.9 Å². The number of nitrogens with zero attached hydrogens (tertiary/aromatic N) is 2. The summed E-state index contributed by atoms with van der Waals surface area (Å²) in [4.78, 5) is 28.2. The third kappa shape index (κ3) is 5.19. The van der Waals surface area contributed by atoms with Gasteiger partial charge in [0.15, 0.2) is 0 Å². The lowest BCUT2D eigenvalue weighted by atomic mass is 10.1. The Morgan fingerprint density at radius 1 is 1.34 bits per heavy atom. The molecule has 8 heteroatoms. The molecule has 3 aliphatic rings. The van der Waals surface area contributed by atoms with E-state index in [2.05, 4.69) is 26.1 Å². The summed E-state index contributed by atoms with van der Waals surface area (Å²) in [6, 6.07) is 5.52. The SMILES string of the molecule is COc1ccc(/C=C2\OC3C=CC=CC3=[N+](CC(=O)NCCN3CCCC3)C2=O)cc1Br. The molecule has 1 fully saturated rings. The molecule has 2 amide bonds. The number of likely N-dealkylation sites (tertiary alicyclic amines) is 1. The van der Waals surface area contributed by atoms with E-state index in [9.17, 15) is 9.59 Å². The van der Waals surface area contributed by atoms with Gasteiger partial charge in [-0.3, -0.25) is 4.79 Å². The van der Waals surface area contributed by atoms with E-state index in [1.54, 1.807) is 13.2 Å². The second-order valence-corrected chi connectivity index (χ2v) is 8.75. The van der Waals surface area contributed by atoms with Crippen LogP contribution in [0.5, 0.6) is 5.75 Å². The fraction of sp³-hybridized carbons (Fsp3) is 0.375. The maximum Gasteiger partial charge on any atom is 0.455 e. The van der Waals surface area contributed by atoms with E-state index >= 15 is 0 Å². The summed E-state index contributed by atoms with van der Waals surface area (Å²) in [5.74, 6) is 0.380. The number of fused-ring (bicyclic) bond motifs is 1. The van der Waals surface area contributed by atoms with Crippen LogP contribution in [0.1, 0.15) is 18.4 Å². The Bertz CT molecular complexity index is 1020. The standard InChI is InChI=1S/C24H26BrN3O4/c1-31-20-9-8-17(14-18(20)25)15-22-24(30)28(19-6-2-3-7-21(19)32-22)16-23(29)26-10-13-27-11-4-5-12-27/h2-3,6-9,14-15,21H,4-5,10-13,16H2,1H3/p+1/b22-15-. The van der Waals surface area contributed by atoms with Gasteiger partial charge in [-0.2, -0.15) is 0 Å². The minimum absolute atomic E-state index is 0.0458. The predicted octanol–water partition coefficient (Wildman–Crippen LogP) is 2.52. The lowest BCUT2D eigenvalue weighted by molar-refractivity contribution is -0.443. The van der Waals surface area contributed by atoms with E-state index in [1.165, 1.54) is 17.4 Å². The number of benzene rings is 1. The van der Waals surface area contributed by atoms with Gasteiger partial charge >= 0.3 is 5.91 Å². The molecule has 1 aromatic rings. The van der Waals surface area contributed by atoms with Gasteiger partial charge in [-0.15, -0.1) is 4.58 Å². The van der Waals surface area contributed by atoms with Crippen LogP contribution in [0.15, 0.2) is 52.7 Å². The number of hydrogen-bond acceptors (Lipinski definition) is 5. The molecule has 1 saturated heterocycles. The molecule has 1 unspecified atom stereocenters. The van der Waals surface area contributed by atoms with Crippen molar-refractivity contribution in [3.05, 3.63) is 58.3 Å². The number of halogens is 1. The van der Waals surface area contributed by atoms with Crippen molar-refractivity contribution in [1.29, 1.82) is 0 Å². The average molecular weight is 501 g/mol. The number of ether oxygens (including phenoxy) is 2. The van der Waals surface area contributed by atoms with E-state index in [0.29, 0.717) is 18.0 Å². The molecule has 1 atom stereocenters. The van der Waals surface area contributed by atoms with Gasteiger partial charge in [0, 0.05) is 19.2 Å². The quantitative estimate of drug-likeness (QED) is 0.460. The zero-order valence-corrected chi connectivity index (χ0v) is 19.6. The Morgan fingerprint density at radius 2 is 2.16 bits per heavy atom. The van der Waals surface area contributed by atoms with Crippen LogP contribution in [-0.2, 0) is 14.3 Å². The Morgan fingerprint density at radius 3 is 2.91 bits per heavy atom. The van der Waals surface area contributed by atoms with Crippen LogP contribution in [0.4, 0.5) is 0 Å². The van der Waals surface area contributed by atoms with Gasteiger partial charge in [0.05, 0.1) is 11.6 Å². The summed E-state index contributed by atoms with van der Waals surface area (Å²) in [7, 11) is 1.60. The third-order valence-electron chi connectivity index (χ3n) is 5.70. The predicted molar refractivity (Wildman–Crippen MR) is 126 cm³/mol. The van der Waals surface area contributed by atoms with E-state index in [-0.39, 0.29) is 24.1 Å². The number of hydrogen-bond donors (Lipinski definition) is 1. The monoisotopic (exact) mass is 500 g/mol. The summed E-state index contributed by atoms with van der Waals surface area (Å²) in [6.07, 6.45) is 11.1. The molecule has 0 aromatic heterocycles. The lowest BCUT2D eigenvalue weighted by Gasteiger charge is -2.22. The molecule has 0 bridgehead atoms. The Hall–Kier alpha value is -2.71. The van der Waals surface area contributed by atoms with Gasteiger partial charge in [-0.05, 0) is 71.7 Å². The molecule has 1 aliphatic carbocycles. The average Bonchev–Trinajstić information content (AvgIpc) is 3.30. The van der Waals surface area contributed by atoms with Crippen LogP contribution in [0.2, 0.25) is 0 Å². The Kier molecular flexibility index (Phi) is 7.22. The van der Waals surface area contributed by atoms with Gasteiger partial charge in [0.2, 0.25) is 24.1 Å². The lowest BCUT2D eigenvalue weighted by Crippen LogP contribution is -2.47. The highest BCUT2D eigenvalue weighted by Gasteiger charge is 2.40. The van der Waals surface area contributed by atoms with Gasteiger partial charge in [-0.25, -0.2) is 4.79 Å². The van der Waals surface area contributed by atoms with Crippen LogP contribution < -0.4 is 10.1 Å². The largest absolute Gasteiger partial charge is 0.496 e. The van der Waals surface area contributed by atoms with Crippen molar-refractivity contribution in [3.63, 3.8) is 0 Å². The highest BCUT2D eigenvalue weighted by Crippen LogP contribution is 2.27. The molecule has 2 aliphatic heterocycles. The molecule has 4 rings (SSSR count). The smallest absolute Gasteiger partial charge is 0.455 e. The van der Waals surface area contributed by atoms with Crippen molar-refractivity contribution in [2.75, 3.05) is 39.8 Å². The zero-order valence-electron chi connectivity index (χ0n) is 18.1. The highest BCUT2D eigenvalue weighted by molar-refractivity contribution is 9.10. The minimum Gasteiger partial charge on any atom is -0.496 e. The van der Waals surface area contributed by atoms with Crippen molar-refractivity contribution in [2.45, 2.75) is 18.9 Å². The van der Waals surface area contributed by atoms with Gasteiger partial charge < -0.3 is 19.7 Å². The topological polar surface area (TPSA) is 70.9 Å². The van der Waals surface area contributed by atoms with Crippen molar-refractivity contribution < 1.29 is 23.6 Å². The number of amides is 2. The molecule has 2 heterocycles. The molecular weight excluding hydrogens is 474 g/mol. The molecule has 1 aromatic carbocycles. The normalized spacial score (nSPS) is 21.6. The summed E-state index contributed by atoms with van der Waals surface area (Å²) in [5.41, 5.74) is 1.45. The summed E-state index contributed by atoms with van der Waals surface area (Å²) in [5, 5.41) is 2.95. The van der Waals surface area contributed by atoms with Gasteiger partial charge in [0.1, 0.15) is 5.75 Å². The van der Waals surface area contributed by atoms with E-state index in [0.717, 1.165) is 29.7 Å². The zero-order chi connectivity index (χ0) is 22.5. The first-order valence-corrected chi connectivity index (χ1v) is 11.6. The van der Waals surface area contributed by atoms with Crippen LogP contribution in [0.25, 0.3) is 6.08 Å². The fourth-order valence-electron chi connectivity index (χ4n) is 4.04.